The maximum absolute atomic E-state index is 11.8. The molecular weight excluding hydrogens is 332 g/mol. The van der Waals surface area contributed by atoms with Crippen molar-refractivity contribution < 1.29 is 4.79 Å². The predicted molar refractivity (Wildman–Crippen MR) is 115 cm³/mol. The summed E-state index contributed by atoms with van der Waals surface area (Å²) in [5, 5.41) is 0. The van der Waals surface area contributed by atoms with Crippen LogP contribution in [0.2, 0.25) is 0 Å². The van der Waals surface area contributed by atoms with Gasteiger partial charge in [-0.15, -0.1) is 0 Å². The van der Waals surface area contributed by atoms with Crippen molar-refractivity contribution in [2.24, 2.45) is 10.8 Å². The van der Waals surface area contributed by atoms with E-state index in [0.29, 0.717) is 35.5 Å². The van der Waals surface area contributed by atoms with Crippen LogP contribution < -0.4 is 4.90 Å². The number of benzene rings is 1. The number of nitrogens with zero attached hydrogens (tertiary/aromatic N) is 2. The minimum absolute atomic E-state index is 0.357. The number of piperazine rings is 1. The van der Waals surface area contributed by atoms with Crippen molar-refractivity contribution in [2.75, 3.05) is 37.6 Å². The summed E-state index contributed by atoms with van der Waals surface area (Å²) >= 11 is 0. The van der Waals surface area contributed by atoms with Gasteiger partial charge in [0.15, 0.2) is 0 Å². The van der Waals surface area contributed by atoms with E-state index in [1.807, 2.05) is 6.92 Å². The maximum atomic E-state index is 11.8. The van der Waals surface area contributed by atoms with Crippen LogP contribution in [0, 0.1) is 10.8 Å². The first-order valence-electron chi connectivity index (χ1n) is 10.8. The molecule has 0 unspecified atom stereocenters. The van der Waals surface area contributed by atoms with E-state index in [1.165, 1.54) is 30.5 Å². The number of para-hydroxylation sites is 1. The molecule has 150 valence electrons. The van der Waals surface area contributed by atoms with Crippen LogP contribution in [0.15, 0.2) is 24.3 Å². The average Bonchev–Trinajstić information content (AvgIpc) is 2.59. The number of Topliss-reactive ketones (excluding diaryl/α,β-unsaturated/α-hetero) is 1. The first-order valence-corrected chi connectivity index (χ1v) is 10.8. The SMILES string of the molecule is CCC(=O)CN1CCN(c2ccccc2C2CC(C)(C)CC(C)(C)C2)CC1. The normalized spacial score (nSPS) is 23.4. The lowest BCUT2D eigenvalue weighted by Crippen LogP contribution is -2.48. The molecule has 27 heavy (non-hydrogen) atoms. The zero-order chi connectivity index (χ0) is 19.7. The molecule has 3 heteroatoms. The van der Waals surface area contributed by atoms with Gasteiger partial charge in [-0.3, -0.25) is 9.69 Å². The molecule has 0 radical (unpaired) electrons. The molecule has 0 aromatic heterocycles. The molecule has 1 aromatic rings. The van der Waals surface area contributed by atoms with E-state index >= 15 is 0 Å². The van der Waals surface area contributed by atoms with E-state index in [2.05, 4.69) is 61.8 Å². The summed E-state index contributed by atoms with van der Waals surface area (Å²) in [4.78, 5) is 16.6. The third-order valence-electron chi connectivity index (χ3n) is 6.44. The number of rotatable bonds is 5. The fourth-order valence-electron chi connectivity index (χ4n) is 5.69. The molecule has 1 saturated carbocycles. The molecule has 0 N–H and O–H groups in total. The van der Waals surface area contributed by atoms with Crippen molar-refractivity contribution in [3.63, 3.8) is 0 Å². The van der Waals surface area contributed by atoms with Crippen LogP contribution in [0.25, 0.3) is 0 Å². The van der Waals surface area contributed by atoms with Gasteiger partial charge in [0.1, 0.15) is 5.78 Å². The molecule has 1 aliphatic carbocycles. The van der Waals surface area contributed by atoms with Crippen molar-refractivity contribution in [3.05, 3.63) is 29.8 Å². The first-order chi connectivity index (χ1) is 12.7. The third-order valence-corrected chi connectivity index (χ3v) is 6.44. The molecule has 0 amide bonds. The molecule has 1 heterocycles. The van der Waals surface area contributed by atoms with Gasteiger partial charge in [-0.05, 0) is 47.6 Å². The zero-order valence-electron chi connectivity index (χ0n) is 18.1. The van der Waals surface area contributed by atoms with Gasteiger partial charge >= 0.3 is 0 Å². The number of anilines is 1. The molecule has 3 nitrogen and oxygen atoms in total. The molecule has 0 bridgehead atoms. The van der Waals surface area contributed by atoms with Crippen molar-refractivity contribution in [3.8, 4) is 0 Å². The van der Waals surface area contributed by atoms with Gasteiger partial charge in [0.05, 0.1) is 6.54 Å². The lowest BCUT2D eigenvalue weighted by atomic mass is 9.60. The summed E-state index contributed by atoms with van der Waals surface area (Å²) in [6.45, 7) is 16.4. The Kier molecular flexibility index (Phi) is 6.00. The molecule has 1 aliphatic heterocycles. The van der Waals surface area contributed by atoms with E-state index in [-0.39, 0.29) is 0 Å². The van der Waals surface area contributed by atoms with Crippen LogP contribution in [0.3, 0.4) is 0 Å². The Morgan fingerprint density at radius 3 is 2.19 bits per heavy atom. The second kappa shape index (κ2) is 7.95. The predicted octanol–water partition coefficient (Wildman–Crippen LogP) is 5.11. The van der Waals surface area contributed by atoms with E-state index in [0.717, 1.165) is 26.2 Å². The number of carbonyl (C=O) groups excluding carboxylic acids is 1. The highest BCUT2D eigenvalue weighted by molar-refractivity contribution is 5.80. The highest BCUT2D eigenvalue weighted by atomic mass is 16.1. The topological polar surface area (TPSA) is 23.6 Å². The van der Waals surface area contributed by atoms with E-state index in [1.54, 1.807) is 0 Å². The highest BCUT2D eigenvalue weighted by Crippen LogP contribution is 2.53. The average molecular weight is 371 g/mol. The smallest absolute Gasteiger partial charge is 0.146 e. The fraction of sp³-hybridized carbons (Fsp3) is 0.708. The standard InChI is InChI=1S/C24H38N2O/c1-6-20(27)17-25-11-13-26(14-12-25)22-10-8-7-9-21(22)19-15-23(2,3)18-24(4,5)16-19/h7-10,19H,6,11-18H2,1-5H3. The molecule has 0 spiro atoms. The molecule has 1 saturated heterocycles. The van der Waals surface area contributed by atoms with Crippen molar-refractivity contribution in [1.29, 1.82) is 0 Å². The molecular formula is C24H38N2O. The van der Waals surface area contributed by atoms with Gasteiger partial charge in [-0.25, -0.2) is 0 Å². The van der Waals surface area contributed by atoms with Crippen LogP contribution in [0.5, 0.6) is 0 Å². The quantitative estimate of drug-likeness (QED) is 0.720. The van der Waals surface area contributed by atoms with E-state index in [4.69, 9.17) is 0 Å². The van der Waals surface area contributed by atoms with Crippen LogP contribution in [-0.2, 0) is 4.79 Å². The summed E-state index contributed by atoms with van der Waals surface area (Å²) in [6.07, 6.45) is 4.51. The van der Waals surface area contributed by atoms with Gasteiger partial charge in [0.2, 0.25) is 0 Å². The zero-order valence-corrected chi connectivity index (χ0v) is 18.1. The summed E-state index contributed by atoms with van der Waals surface area (Å²) in [7, 11) is 0. The third kappa shape index (κ3) is 5.13. The molecule has 2 fully saturated rings. The minimum Gasteiger partial charge on any atom is -0.369 e. The van der Waals surface area contributed by atoms with Crippen molar-refractivity contribution >= 4 is 11.5 Å². The Hall–Kier alpha value is -1.35. The number of ketones is 1. The van der Waals surface area contributed by atoms with Crippen LogP contribution in [0.1, 0.15) is 71.8 Å². The van der Waals surface area contributed by atoms with Crippen LogP contribution >= 0.6 is 0 Å². The molecule has 3 rings (SSSR count). The van der Waals surface area contributed by atoms with Crippen molar-refractivity contribution in [1.82, 2.24) is 4.90 Å². The van der Waals surface area contributed by atoms with Crippen LogP contribution in [0.4, 0.5) is 5.69 Å². The Balaban J connectivity index is 1.74. The molecule has 0 atom stereocenters. The lowest BCUT2D eigenvalue weighted by molar-refractivity contribution is -0.119. The van der Waals surface area contributed by atoms with E-state index in [9.17, 15) is 4.79 Å². The second-order valence-electron chi connectivity index (χ2n) is 10.3. The van der Waals surface area contributed by atoms with E-state index < -0.39 is 0 Å². The van der Waals surface area contributed by atoms with Gasteiger partial charge in [0.25, 0.3) is 0 Å². The maximum Gasteiger partial charge on any atom is 0.146 e. The first kappa shape index (κ1) is 20.4. The fourth-order valence-corrected chi connectivity index (χ4v) is 5.69. The largest absolute Gasteiger partial charge is 0.369 e. The summed E-state index contributed by atoms with van der Waals surface area (Å²) in [6, 6.07) is 9.08. The van der Waals surface area contributed by atoms with Crippen molar-refractivity contribution in [2.45, 2.75) is 66.2 Å². The molecule has 2 aliphatic rings. The van der Waals surface area contributed by atoms with Crippen LogP contribution in [-0.4, -0.2) is 43.4 Å². The summed E-state index contributed by atoms with van der Waals surface area (Å²) < 4.78 is 0. The number of carbonyl (C=O) groups is 1. The Morgan fingerprint density at radius 1 is 1.00 bits per heavy atom. The Labute approximate surface area is 166 Å². The highest BCUT2D eigenvalue weighted by Gasteiger charge is 2.39. The lowest BCUT2D eigenvalue weighted by Gasteiger charge is -2.46. The van der Waals surface area contributed by atoms with Gasteiger partial charge in [-0.1, -0.05) is 52.8 Å². The number of hydrogen-bond acceptors (Lipinski definition) is 3. The number of hydrogen-bond donors (Lipinski definition) is 0. The van der Waals surface area contributed by atoms with Gasteiger partial charge in [0, 0.05) is 38.3 Å². The monoisotopic (exact) mass is 370 g/mol. The second-order valence-corrected chi connectivity index (χ2v) is 10.3. The summed E-state index contributed by atoms with van der Waals surface area (Å²) in [5.74, 6) is 0.996. The molecule has 1 aromatic carbocycles. The van der Waals surface area contributed by atoms with Gasteiger partial charge < -0.3 is 4.90 Å². The minimum atomic E-state index is 0.357. The summed E-state index contributed by atoms with van der Waals surface area (Å²) in [5.41, 5.74) is 3.77. The Bertz CT molecular complexity index is 640. The van der Waals surface area contributed by atoms with Gasteiger partial charge in [-0.2, -0.15) is 0 Å². The Morgan fingerprint density at radius 2 is 1.59 bits per heavy atom.